The molecule has 1 aromatic rings. The highest BCUT2D eigenvalue weighted by Crippen LogP contribution is 2.36. The zero-order valence-corrected chi connectivity index (χ0v) is 11.1. The summed E-state index contributed by atoms with van der Waals surface area (Å²) in [5.74, 6) is -3.77. The van der Waals surface area contributed by atoms with Crippen molar-refractivity contribution in [1.82, 2.24) is 0 Å². The molecule has 0 aromatic heterocycles. The fraction of sp³-hybridized carbons (Fsp3) is 0.154. The van der Waals surface area contributed by atoms with Gasteiger partial charge >= 0.3 is 5.97 Å². The van der Waals surface area contributed by atoms with Crippen LogP contribution in [0, 0.1) is 5.82 Å². The number of hydrogen-bond acceptors (Lipinski definition) is 3. The highest BCUT2D eigenvalue weighted by atomic mass is 35.5. The maximum Gasteiger partial charge on any atom is 0.328 e. The van der Waals surface area contributed by atoms with Gasteiger partial charge in [0.25, 0.3) is 11.7 Å². The number of nitrogens with zero attached hydrogens (tertiary/aromatic N) is 1. The Morgan fingerprint density at radius 2 is 2.10 bits per heavy atom. The molecule has 5 nitrogen and oxygen atoms in total. The Kier molecular flexibility index (Phi) is 3.59. The second-order valence-corrected chi connectivity index (χ2v) is 4.71. The number of carbonyl (C=O) groups is 3. The summed E-state index contributed by atoms with van der Waals surface area (Å²) in [6, 6.07) is 2.25. The van der Waals surface area contributed by atoms with E-state index in [0.717, 1.165) is 17.0 Å². The van der Waals surface area contributed by atoms with E-state index in [4.69, 9.17) is 16.7 Å². The van der Waals surface area contributed by atoms with Crippen molar-refractivity contribution in [1.29, 1.82) is 0 Å². The molecule has 1 aromatic carbocycles. The molecule has 104 valence electrons. The lowest BCUT2D eigenvalue weighted by molar-refractivity contribution is -0.131. The maximum atomic E-state index is 13.8. The minimum absolute atomic E-state index is 0.0119. The lowest BCUT2D eigenvalue weighted by Crippen LogP contribution is -2.31. The third-order valence-electron chi connectivity index (χ3n) is 2.79. The summed E-state index contributed by atoms with van der Waals surface area (Å²) in [6.07, 6.45) is 0.887. The number of hydrogen-bond donors (Lipinski definition) is 1. The maximum absolute atomic E-state index is 13.8. The number of fused-ring (bicyclic) bond motifs is 1. The summed E-state index contributed by atoms with van der Waals surface area (Å²) in [6.45, 7) is 1.27. The van der Waals surface area contributed by atoms with Crippen LogP contribution >= 0.6 is 11.6 Å². The van der Waals surface area contributed by atoms with Gasteiger partial charge in [0.1, 0.15) is 5.82 Å². The summed E-state index contributed by atoms with van der Waals surface area (Å²) in [5, 5.41) is 8.62. The van der Waals surface area contributed by atoms with Crippen LogP contribution in [0.5, 0.6) is 0 Å². The van der Waals surface area contributed by atoms with Gasteiger partial charge in [-0.25, -0.2) is 9.18 Å². The van der Waals surface area contributed by atoms with Crippen molar-refractivity contribution in [2.75, 3.05) is 11.4 Å². The number of aliphatic carboxylic acids is 1. The van der Waals surface area contributed by atoms with Gasteiger partial charge in [-0.1, -0.05) is 11.6 Å². The van der Waals surface area contributed by atoms with Crippen LogP contribution in [0.4, 0.5) is 10.1 Å². The van der Waals surface area contributed by atoms with Gasteiger partial charge < -0.3 is 5.11 Å². The molecule has 0 atom stereocenters. The van der Waals surface area contributed by atoms with E-state index >= 15 is 0 Å². The number of Topliss-reactive ketones (excluding diaryl/α,β-unsaturated/α-hetero) is 1. The fourth-order valence-corrected chi connectivity index (χ4v) is 2.25. The fourth-order valence-electron chi connectivity index (χ4n) is 2.01. The zero-order valence-electron chi connectivity index (χ0n) is 10.3. The van der Waals surface area contributed by atoms with Crippen LogP contribution in [-0.4, -0.2) is 29.3 Å². The molecule has 1 amide bonds. The summed E-state index contributed by atoms with van der Waals surface area (Å²) in [5.41, 5.74) is -0.0868. The van der Waals surface area contributed by atoms with E-state index in [2.05, 4.69) is 0 Å². The number of carboxylic acid groups (broad SMARTS) is 1. The van der Waals surface area contributed by atoms with Crippen LogP contribution in [0.15, 0.2) is 23.8 Å². The van der Waals surface area contributed by atoms with E-state index in [-0.39, 0.29) is 22.8 Å². The third kappa shape index (κ3) is 2.30. The first-order chi connectivity index (χ1) is 9.32. The van der Waals surface area contributed by atoms with Gasteiger partial charge in [0.2, 0.25) is 0 Å². The van der Waals surface area contributed by atoms with Crippen molar-refractivity contribution in [3.8, 4) is 0 Å². The van der Waals surface area contributed by atoms with Crippen LogP contribution in [-0.2, 0) is 9.59 Å². The summed E-state index contributed by atoms with van der Waals surface area (Å²) in [4.78, 5) is 35.1. The van der Waals surface area contributed by atoms with Crippen LogP contribution < -0.4 is 4.90 Å². The number of carboxylic acids is 1. The van der Waals surface area contributed by atoms with Gasteiger partial charge in [-0.2, -0.15) is 0 Å². The summed E-state index contributed by atoms with van der Waals surface area (Å²) in [7, 11) is 0. The first-order valence-corrected chi connectivity index (χ1v) is 5.95. The Labute approximate surface area is 118 Å². The molecule has 0 aliphatic carbocycles. The molecule has 0 saturated carbocycles. The van der Waals surface area contributed by atoms with Gasteiger partial charge in [-0.3, -0.25) is 14.5 Å². The van der Waals surface area contributed by atoms with Gasteiger partial charge in [-0.05, 0) is 24.6 Å². The van der Waals surface area contributed by atoms with Crippen molar-refractivity contribution >= 4 is 34.9 Å². The molecule has 20 heavy (non-hydrogen) atoms. The third-order valence-corrected chi connectivity index (χ3v) is 3.11. The van der Waals surface area contributed by atoms with E-state index in [1.165, 1.54) is 13.0 Å². The van der Waals surface area contributed by atoms with Crippen LogP contribution in [0.2, 0.25) is 5.02 Å². The predicted molar refractivity (Wildman–Crippen MR) is 69.5 cm³/mol. The SMILES string of the molecule is CC(=CC(=O)O)CN1C(=O)C(=O)c2c(Cl)ccc(F)c21. The van der Waals surface area contributed by atoms with Crippen molar-refractivity contribution in [3.63, 3.8) is 0 Å². The number of ketones is 1. The Bertz CT molecular complexity index is 669. The molecule has 0 bridgehead atoms. The molecule has 0 unspecified atom stereocenters. The molecule has 1 heterocycles. The highest BCUT2D eigenvalue weighted by Gasteiger charge is 2.39. The smallest absolute Gasteiger partial charge is 0.328 e. The van der Waals surface area contributed by atoms with Crippen molar-refractivity contribution in [2.24, 2.45) is 0 Å². The van der Waals surface area contributed by atoms with Gasteiger partial charge in [0.05, 0.1) is 16.3 Å². The molecule has 0 saturated heterocycles. The van der Waals surface area contributed by atoms with Crippen molar-refractivity contribution < 1.29 is 23.9 Å². The number of rotatable bonds is 3. The number of anilines is 1. The van der Waals surface area contributed by atoms with Crippen LogP contribution in [0.3, 0.4) is 0 Å². The largest absolute Gasteiger partial charge is 0.478 e. The second kappa shape index (κ2) is 5.05. The van der Waals surface area contributed by atoms with Gasteiger partial charge in [0.15, 0.2) is 0 Å². The molecule has 1 aliphatic rings. The van der Waals surface area contributed by atoms with Crippen molar-refractivity contribution in [2.45, 2.75) is 6.92 Å². The summed E-state index contributed by atoms with van der Waals surface area (Å²) >= 11 is 5.81. The lowest BCUT2D eigenvalue weighted by atomic mass is 10.1. The Morgan fingerprint density at radius 3 is 2.70 bits per heavy atom. The molecule has 0 spiro atoms. The number of halogens is 2. The molecule has 2 rings (SSSR count). The van der Waals surface area contributed by atoms with Crippen molar-refractivity contribution in [3.05, 3.63) is 40.2 Å². The number of carbonyl (C=O) groups excluding carboxylic acids is 2. The Balaban J connectivity index is 2.49. The zero-order chi connectivity index (χ0) is 15.0. The van der Waals surface area contributed by atoms with E-state index in [0.29, 0.717) is 5.57 Å². The molecule has 0 fully saturated rings. The number of amides is 1. The van der Waals surface area contributed by atoms with Gasteiger partial charge in [0, 0.05) is 12.6 Å². The monoisotopic (exact) mass is 297 g/mol. The van der Waals surface area contributed by atoms with Crippen LogP contribution in [0.1, 0.15) is 17.3 Å². The summed E-state index contributed by atoms with van der Waals surface area (Å²) < 4.78 is 13.8. The molecule has 0 radical (unpaired) electrons. The molecule has 1 aliphatic heterocycles. The van der Waals surface area contributed by atoms with Crippen LogP contribution in [0.25, 0.3) is 0 Å². The Hall–Kier alpha value is -2.21. The average Bonchev–Trinajstić information content (AvgIpc) is 2.59. The normalized spacial score (nSPS) is 14.8. The quantitative estimate of drug-likeness (QED) is 0.684. The molecule has 1 N–H and O–H groups in total. The standard InChI is InChI=1S/C13H9ClFNO4/c1-6(4-9(17)18)5-16-11-8(15)3-2-7(14)10(11)12(19)13(16)20/h2-4H,5H2,1H3,(H,17,18). The topological polar surface area (TPSA) is 74.7 Å². The lowest BCUT2D eigenvalue weighted by Gasteiger charge is -2.17. The Morgan fingerprint density at radius 1 is 1.45 bits per heavy atom. The van der Waals surface area contributed by atoms with E-state index < -0.39 is 23.5 Å². The average molecular weight is 298 g/mol. The first-order valence-electron chi connectivity index (χ1n) is 5.57. The molecular formula is C13H9ClFNO4. The molecule has 7 heteroatoms. The minimum Gasteiger partial charge on any atom is -0.478 e. The van der Waals surface area contributed by atoms with E-state index in [9.17, 15) is 18.8 Å². The minimum atomic E-state index is -1.19. The molecular weight excluding hydrogens is 289 g/mol. The van der Waals surface area contributed by atoms with E-state index in [1.54, 1.807) is 0 Å². The van der Waals surface area contributed by atoms with Gasteiger partial charge in [-0.15, -0.1) is 0 Å². The van der Waals surface area contributed by atoms with E-state index in [1.807, 2.05) is 0 Å². The first kappa shape index (κ1) is 14.2. The number of benzene rings is 1. The predicted octanol–water partition coefficient (Wildman–Crippen LogP) is 2.04. The highest BCUT2D eigenvalue weighted by molar-refractivity contribution is 6.55. The second-order valence-electron chi connectivity index (χ2n) is 4.30.